The van der Waals surface area contributed by atoms with Crippen molar-refractivity contribution in [2.45, 2.75) is 37.5 Å². The standard InChI is InChI=1S/C9H15N3OS/c1-7-11-12-9(13-7)14-6-2-5-10-8-3-4-8/h8,10H,2-6H2,1H3. The van der Waals surface area contributed by atoms with Gasteiger partial charge in [-0.2, -0.15) is 0 Å². The second kappa shape index (κ2) is 4.79. The molecule has 0 spiro atoms. The van der Waals surface area contributed by atoms with Crippen LogP contribution in [0.25, 0.3) is 0 Å². The minimum atomic E-state index is 0.642. The van der Waals surface area contributed by atoms with Gasteiger partial charge in [0.1, 0.15) is 0 Å². The molecule has 0 amide bonds. The first-order valence-electron chi connectivity index (χ1n) is 5.01. The first-order chi connectivity index (χ1) is 6.84. The van der Waals surface area contributed by atoms with Gasteiger partial charge in [-0.05, 0) is 25.8 Å². The summed E-state index contributed by atoms with van der Waals surface area (Å²) in [6, 6.07) is 0.811. The third-order valence-corrected chi connectivity index (χ3v) is 2.97. The van der Waals surface area contributed by atoms with Crippen molar-refractivity contribution in [1.29, 1.82) is 0 Å². The number of thioether (sulfide) groups is 1. The lowest BCUT2D eigenvalue weighted by molar-refractivity contribution is 0.429. The maximum Gasteiger partial charge on any atom is 0.276 e. The van der Waals surface area contributed by atoms with E-state index >= 15 is 0 Å². The molecule has 1 N–H and O–H groups in total. The van der Waals surface area contributed by atoms with Crippen molar-refractivity contribution in [2.24, 2.45) is 0 Å². The largest absolute Gasteiger partial charge is 0.416 e. The average molecular weight is 213 g/mol. The fourth-order valence-electron chi connectivity index (χ4n) is 1.16. The van der Waals surface area contributed by atoms with Crippen LogP contribution in [0.4, 0.5) is 0 Å². The summed E-state index contributed by atoms with van der Waals surface area (Å²) in [5.74, 6) is 1.69. The number of nitrogens with one attached hydrogen (secondary N) is 1. The number of aryl methyl sites for hydroxylation is 1. The number of nitrogens with zero attached hydrogens (tertiary/aromatic N) is 2. The maximum absolute atomic E-state index is 5.24. The summed E-state index contributed by atoms with van der Waals surface area (Å²) in [6.45, 7) is 2.91. The molecule has 4 nitrogen and oxygen atoms in total. The fraction of sp³-hybridized carbons (Fsp3) is 0.778. The van der Waals surface area contributed by atoms with Gasteiger partial charge in [0.05, 0.1) is 0 Å². The molecule has 1 aliphatic carbocycles. The van der Waals surface area contributed by atoms with E-state index in [-0.39, 0.29) is 0 Å². The number of hydrogen-bond acceptors (Lipinski definition) is 5. The molecule has 1 aliphatic rings. The summed E-state index contributed by atoms with van der Waals surface area (Å²) in [6.07, 6.45) is 3.87. The van der Waals surface area contributed by atoms with E-state index in [1.807, 2.05) is 6.92 Å². The van der Waals surface area contributed by atoms with Gasteiger partial charge in [-0.25, -0.2) is 0 Å². The Morgan fingerprint density at radius 1 is 1.50 bits per heavy atom. The lowest BCUT2D eigenvalue weighted by Gasteiger charge is -1.99. The van der Waals surface area contributed by atoms with E-state index in [4.69, 9.17) is 4.42 Å². The van der Waals surface area contributed by atoms with Crippen LogP contribution >= 0.6 is 11.8 Å². The second-order valence-corrected chi connectivity index (χ2v) is 4.56. The molecule has 1 heterocycles. The molecule has 0 bridgehead atoms. The highest BCUT2D eigenvalue weighted by Gasteiger charge is 2.19. The molecule has 0 atom stereocenters. The smallest absolute Gasteiger partial charge is 0.276 e. The predicted octanol–water partition coefficient (Wildman–Crippen LogP) is 1.61. The van der Waals surface area contributed by atoms with E-state index in [0.29, 0.717) is 11.1 Å². The van der Waals surface area contributed by atoms with Crippen molar-refractivity contribution < 1.29 is 4.42 Å². The van der Waals surface area contributed by atoms with Gasteiger partial charge in [0, 0.05) is 18.7 Å². The Balaban J connectivity index is 1.53. The van der Waals surface area contributed by atoms with Crippen LogP contribution in [0.5, 0.6) is 0 Å². The zero-order chi connectivity index (χ0) is 9.80. The van der Waals surface area contributed by atoms with Crippen molar-refractivity contribution in [3.63, 3.8) is 0 Å². The summed E-state index contributed by atoms with van der Waals surface area (Å²) in [5.41, 5.74) is 0. The van der Waals surface area contributed by atoms with E-state index in [1.54, 1.807) is 11.8 Å². The third-order valence-electron chi connectivity index (χ3n) is 2.06. The lowest BCUT2D eigenvalue weighted by Crippen LogP contribution is -2.17. The van der Waals surface area contributed by atoms with Crippen LogP contribution in [0, 0.1) is 6.92 Å². The van der Waals surface area contributed by atoms with Gasteiger partial charge in [-0.3, -0.25) is 0 Å². The zero-order valence-electron chi connectivity index (χ0n) is 8.32. The molecular weight excluding hydrogens is 198 g/mol. The summed E-state index contributed by atoms with van der Waals surface area (Å²) >= 11 is 1.63. The topological polar surface area (TPSA) is 51.0 Å². The van der Waals surface area contributed by atoms with Crippen LogP contribution in [0.2, 0.25) is 0 Å². The van der Waals surface area contributed by atoms with Gasteiger partial charge in [0.15, 0.2) is 0 Å². The van der Waals surface area contributed by atoms with Crippen LogP contribution in [-0.2, 0) is 0 Å². The van der Waals surface area contributed by atoms with E-state index in [2.05, 4.69) is 15.5 Å². The maximum atomic E-state index is 5.24. The zero-order valence-corrected chi connectivity index (χ0v) is 9.14. The van der Waals surface area contributed by atoms with Crippen LogP contribution in [-0.4, -0.2) is 28.5 Å². The molecular formula is C9H15N3OS. The lowest BCUT2D eigenvalue weighted by atomic mass is 10.5. The minimum Gasteiger partial charge on any atom is -0.416 e. The van der Waals surface area contributed by atoms with Crippen LogP contribution < -0.4 is 5.32 Å². The van der Waals surface area contributed by atoms with E-state index < -0.39 is 0 Å². The Morgan fingerprint density at radius 3 is 3.00 bits per heavy atom. The normalized spacial score (nSPS) is 16.1. The van der Waals surface area contributed by atoms with Crippen LogP contribution in [0.1, 0.15) is 25.2 Å². The van der Waals surface area contributed by atoms with Crippen molar-refractivity contribution in [2.75, 3.05) is 12.3 Å². The van der Waals surface area contributed by atoms with Gasteiger partial charge in [0.25, 0.3) is 5.22 Å². The Bertz CT molecular complexity index is 285. The quantitative estimate of drug-likeness (QED) is 0.574. The molecule has 0 unspecified atom stereocenters. The number of aromatic nitrogens is 2. The second-order valence-electron chi connectivity index (χ2n) is 3.52. The average Bonchev–Trinajstić information content (AvgIpc) is 2.89. The van der Waals surface area contributed by atoms with Crippen molar-refractivity contribution in [3.8, 4) is 0 Å². The summed E-state index contributed by atoms with van der Waals surface area (Å²) in [4.78, 5) is 0. The first-order valence-corrected chi connectivity index (χ1v) is 5.99. The van der Waals surface area contributed by atoms with E-state index in [9.17, 15) is 0 Å². The van der Waals surface area contributed by atoms with E-state index in [1.165, 1.54) is 12.8 Å². The monoisotopic (exact) mass is 213 g/mol. The molecule has 0 radical (unpaired) electrons. The van der Waals surface area contributed by atoms with Crippen molar-refractivity contribution in [1.82, 2.24) is 15.5 Å². The molecule has 1 fully saturated rings. The van der Waals surface area contributed by atoms with Gasteiger partial charge < -0.3 is 9.73 Å². The van der Waals surface area contributed by atoms with Crippen LogP contribution in [0.3, 0.4) is 0 Å². The SMILES string of the molecule is Cc1nnc(SCCCNC2CC2)o1. The Hall–Kier alpha value is -0.550. The van der Waals surface area contributed by atoms with Gasteiger partial charge in [0.2, 0.25) is 5.89 Å². The Morgan fingerprint density at radius 2 is 2.36 bits per heavy atom. The van der Waals surface area contributed by atoms with Gasteiger partial charge >= 0.3 is 0 Å². The molecule has 0 aliphatic heterocycles. The molecule has 1 saturated carbocycles. The fourth-order valence-corrected chi connectivity index (χ4v) is 1.90. The molecule has 0 aromatic carbocycles. The predicted molar refractivity (Wildman–Crippen MR) is 55.4 cm³/mol. The van der Waals surface area contributed by atoms with Gasteiger partial charge in [-0.1, -0.05) is 11.8 Å². The molecule has 1 aromatic rings. The molecule has 0 saturated heterocycles. The van der Waals surface area contributed by atoms with Crippen molar-refractivity contribution in [3.05, 3.63) is 5.89 Å². The van der Waals surface area contributed by atoms with Crippen molar-refractivity contribution >= 4 is 11.8 Å². The highest BCUT2D eigenvalue weighted by Crippen LogP contribution is 2.19. The summed E-state index contributed by atoms with van der Waals surface area (Å²) in [7, 11) is 0. The van der Waals surface area contributed by atoms with Crippen LogP contribution in [0.15, 0.2) is 9.64 Å². The summed E-state index contributed by atoms with van der Waals surface area (Å²) in [5, 5.41) is 11.8. The Kier molecular flexibility index (Phi) is 3.42. The molecule has 78 valence electrons. The first kappa shape index (κ1) is 9.98. The molecule has 14 heavy (non-hydrogen) atoms. The molecule has 2 rings (SSSR count). The summed E-state index contributed by atoms with van der Waals surface area (Å²) < 4.78 is 5.24. The highest BCUT2D eigenvalue weighted by atomic mass is 32.2. The number of rotatable bonds is 6. The Labute approximate surface area is 87.9 Å². The number of hydrogen-bond donors (Lipinski definition) is 1. The minimum absolute atomic E-state index is 0.642. The highest BCUT2D eigenvalue weighted by molar-refractivity contribution is 7.99. The van der Waals surface area contributed by atoms with E-state index in [0.717, 1.165) is 24.8 Å². The molecule has 1 aromatic heterocycles. The molecule has 5 heteroatoms. The van der Waals surface area contributed by atoms with Gasteiger partial charge in [-0.15, -0.1) is 10.2 Å². The third kappa shape index (κ3) is 3.31.